The second kappa shape index (κ2) is 8.59. The first-order valence-electron chi connectivity index (χ1n) is 12.9. The van der Waals surface area contributed by atoms with Gasteiger partial charge in [0.1, 0.15) is 17.6 Å². The molecule has 1 unspecified atom stereocenters. The standard InChI is InChI=1S/C27H36N2O6/c1-15(2)7-21(25(33)34)28-24(32)9-18-11-27(35)23-8-17-5-6-19(30)10-20(17)26(27,12-22(18)31)14-29(23)13-16-3-4-16/h5-6,10,15-16,18,21,23,30,35H,3-4,7-9,11-14H2,1-2H3,(H,28,32)(H,33,34)/t18-,21-,23+,26?,27+/m0/s1. The Morgan fingerprint density at radius 3 is 2.66 bits per heavy atom. The van der Waals surface area contributed by atoms with Gasteiger partial charge in [-0.3, -0.25) is 14.5 Å². The highest BCUT2D eigenvalue weighted by Crippen LogP contribution is 2.60. The Morgan fingerprint density at radius 2 is 2.00 bits per heavy atom. The number of nitrogens with one attached hydrogen (secondary N) is 1. The van der Waals surface area contributed by atoms with E-state index in [2.05, 4.69) is 10.2 Å². The first-order valence-corrected chi connectivity index (χ1v) is 12.9. The highest BCUT2D eigenvalue weighted by Gasteiger charge is 2.69. The SMILES string of the molecule is CC(C)C[C@H](NC(=O)C[C@H]1C[C@@]2(O)[C@H]3Cc4ccc(O)cc4C2(CC1=O)CN3CC1CC1)C(=O)O. The number of nitrogens with zero attached hydrogens (tertiary/aromatic N) is 1. The van der Waals surface area contributed by atoms with Crippen LogP contribution >= 0.6 is 0 Å². The van der Waals surface area contributed by atoms with Crippen LogP contribution in [0.4, 0.5) is 0 Å². The Hall–Kier alpha value is -2.45. The first-order chi connectivity index (χ1) is 16.5. The van der Waals surface area contributed by atoms with E-state index >= 15 is 0 Å². The quantitative estimate of drug-likeness (QED) is 0.444. The van der Waals surface area contributed by atoms with Gasteiger partial charge in [0.2, 0.25) is 5.91 Å². The highest BCUT2D eigenvalue weighted by molar-refractivity contribution is 5.91. The number of aliphatic hydroxyl groups is 1. The van der Waals surface area contributed by atoms with E-state index in [1.807, 2.05) is 19.9 Å². The number of phenols is 1. The molecular formula is C27H36N2O6. The maximum Gasteiger partial charge on any atom is 0.326 e. The number of phenolic OH excluding ortho intramolecular Hbond substituents is 1. The Morgan fingerprint density at radius 1 is 1.26 bits per heavy atom. The third-order valence-electron chi connectivity index (χ3n) is 8.77. The molecule has 0 aromatic heterocycles. The van der Waals surface area contributed by atoms with Crippen molar-refractivity contribution in [2.45, 2.75) is 81.9 Å². The van der Waals surface area contributed by atoms with Gasteiger partial charge in [0, 0.05) is 43.3 Å². The Kier molecular flexibility index (Phi) is 5.95. The van der Waals surface area contributed by atoms with E-state index in [4.69, 9.17) is 0 Å². The number of hydrogen-bond acceptors (Lipinski definition) is 6. The summed E-state index contributed by atoms with van der Waals surface area (Å²) in [6.45, 7) is 5.25. The molecule has 1 saturated heterocycles. The number of carboxylic acids is 1. The zero-order valence-corrected chi connectivity index (χ0v) is 20.5. The van der Waals surface area contributed by atoms with Gasteiger partial charge in [0.05, 0.1) is 5.60 Å². The van der Waals surface area contributed by atoms with E-state index in [9.17, 15) is 29.7 Å². The number of carbonyl (C=O) groups excluding carboxylic acids is 2. The minimum Gasteiger partial charge on any atom is -0.508 e. The largest absolute Gasteiger partial charge is 0.508 e. The molecule has 1 amide bonds. The van der Waals surface area contributed by atoms with Crippen molar-refractivity contribution in [2.75, 3.05) is 13.1 Å². The molecule has 190 valence electrons. The average molecular weight is 485 g/mol. The van der Waals surface area contributed by atoms with Gasteiger partial charge in [-0.05, 0) is 67.2 Å². The Balaban J connectivity index is 1.41. The van der Waals surface area contributed by atoms with Crippen molar-refractivity contribution >= 4 is 17.7 Å². The summed E-state index contributed by atoms with van der Waals surface area (Å²) in [7, 11) is 0. The number of Topliss-reactive ketones (excluding diaryl/α,β-unsaturated/α-hetero) is 1. The number of hydrogen-bond donors (Lipinski definition) is 4. The van der Waals surface area contributed by atoms with Gasteiger partial charge in [0.15, 0.2) is 0 Å². The number of aliphatic carboxylic acids is 1. The fraction of sp³-hybridized carbons (Fsp3) is 0.667. The molecule has 1 aromatic rings. The lowest BCUT2D eigenvalue weighted by Gasteiger charge is -2.53. The van der Waals surface area contributed by atoms with Crippen LogP contribution in [0.25, 0.3) is 0 Å². The van der Waals surface area contributed by atoms with E-state index < -0.39 is 34.9 Å². The predicted molar refractivity (Wildman–Crippen MR) is 128 cm³/mol. The van der Waals surface area contributed by atoms with Crippen molar-refractivity contribution in [3.63, 3.8) is 0 Å². The van der Waals surface area contributed by atoms with E-state index in [-0.39, 0.29) is 42.8 Å². The topological polar surface area (TPSA) is 127 Å². The van der Waals surface area contributed by atoms with Crippen LogP contribution in [-0.4, -0.2) is 68.7 Å². The molecule has 4 aliphatic rings. The summed E-state index contributed by atoms with van der Waals surface area (Å²) in [5, 5.41) is 34.6. The van der Waals surface area contributed by atoms with Crippen LogP contribution in [0.3, 0.4) is 0 Å². The molecule has 3 aliphatic carbocycles. The fourth-order valence-corrected chi connectivity index (χ4v) is 6.97. The monoisotopic (exact) mass is 484 g/mol. The smallest absolute Gasteiger partial charge is 0.326 e. The van der Waals surface area contributed by atoms with Crippen LogP contribution < -0.4 is 5.32 Å². The zero-order valence-electron chi connectivity index (χ0n) is 20.5. The van der Waals surface area contributed by atoms with Gasteiger partial charge in [-0.2, -0.15) is 0 Å². The molecule has 35 heavy (non-hydrogen) atoms. The van der Waals surface area contributed by atoms with Crippen LogP contribution in [-0.2, 0) is 26.2 Å². The molecule has 4 N–H and O–H groups in total. The van der Waals surface area contributed by atoms with Crippen LogP contribution in [0.1, 0.15) is 63.5 Å². The number of benzene rings is 1. The summed E-state index contributed by atoms with van der Waals surface area (Å²) in [4.78, 5) is 40.2. The lowest BCUT2D eigenvalue weighted by atomic mass is 9.53. The molecule has 3 fully saturated rings. The predicted octanol–water partition coefficient (Wildman–Crippen LogP) is 2.00. The molecular weight excluding hydrogens is 448 g/mol. The maximum atomic E-state index is 13.5. The molecule has 1 aromatic carbocycles. The molecule has 5 rings (SSSR count). The molecule has 0 spiro atoms. The van der Waals surface area contributed by atoms with Gasteiger partial charge in [0.25, 0.3) is 0 Å². The number of fused-ring (bicyclic) bond motifs is 1. The zero-order chi connectivity index (χ0) is 25.1. The summed E-state index contributed by atoms with van der Waals surface area (Å²) in [6, 6.07) is 4.14. The Bertz CT molecular complexity index is 1050. The highest BCUT2D eigenvalue weighted by atomic mass is 16.4. The second-order valence-corrected chi connectivity index (χ2v) is 11.8. The maximum absolute atomic E-state index is 13.5. The molecule has 5 atom stereocenters. The number of rotatable bonds is 8. The summed E-state index contributed by atoms with van der Waals surface area (Å²) in [5.74, 6) is -1.45. The van der Waals surface area contributed by atoms with Crippen LogP contribution in [0.2, 0.25) is 0 Å². The number of carboxylic acid groups (broad SMARTS) is 1. The lowest BCUT2D eigenvalue weighted by molar-refractivity contribution is -0.146. The van der Waals surface area contributed by atoms with Crippen LogP contribution in [0, 0.1) is 17.8 Å². The van der Waals surface area contributed by atoms with Gasteiger partial charge in [-0.25, -0.2) is 4.79 Å². The molecule has 2 saturated carbocycles. The third-order valence-corrected chi connectivity index (χ3v) is 8.77. The van der Waals surface area contributed by atoms with Gasteiger partial charge >= 0.3 is 5.97 Å². The summed E-state index contributed by atoms with van der Waals surface area (Å²) in [5.41, 5.74) is -0.0676. The van der Waals surface area contributed by atoms with Crippen molar-refractivity contribution in [3.05, 3.63) is 29.3 Å². The fourth-order valence-electron chi connectivity index (χ4n) is 6.97. The number of carbonyl (C=O) groups is 3. The van der Waals surface area contributed by atoms with Crippen molar-refractivity contribution in [1.29, 1.82) is 0 Å². The molecule has 8 nitrogen and oxygen atoms in total. The van der Waals surface area contributed by atoms with E-state index in [0.717, 1.165) is 17.7 Å². The molecule has 8 heteroatoms. The van der Waals surface area contributed by atoms with E-state index in [1.54, 1.807) is 12.1 Å². The number of likely N-dealkylation sites (tertiary alicyclic amines) is 1. The molecule has 0 radical (unpaired) electrons. The summed E-state index contributed by atoms with van der Waals surface area (Å²) >= 11 is 0. The first kappa shape index (κ1) is 24.3. The molecule has 2 bridgehead atoms. The van der Waals surface area contributed by atoms with Crippen molar-refractivity contribution in [1.82, 2.24) is 10.2 Å². The summed E-state index contributed by atoms with van der Waals surface area (Å²) in [6.07, 6.45) is 3.48. The molecule has 1 heterocycles. The van der Waals surface area contributed by atoms with Crippen molar-refractivity contribution in [2.24, 2.45) is 17.8 Å². The van der Waals surface area contributed by atoms with Crippen molar-refractivity contribution in [3.8, 4) is 5.75 Å². The van der Waals surface area contributed by atoms with Crippen LogP contribution in [0.15, 0.2) is 18.2 Å². The van der Waals surface area contributed by atoms with Crippen LogP contribution in [0.5, 0.6) is 5.75 Å². The second-order valence-electron chi connectivity index (χ2n) is 11.8. The third kappa shape index (κ3) is 4.14. The van der Waals surface area contributed by atoms with Crippen molar-refractivity contribution < 1.29 is 29.7 Å². The lowest BCUT2D eigenvalue weighted by Crippen LogP contribution is -2.63. The van der Waals surface area contributed by atoms with E-state index in [0.29, 0.717) is 25.3 Å². The minimum absolute atomic E-state index is 0.0798. The number of amides is 1. The van der Waals surface area contributed by atoms with Gasteiger partial charge in [-0.1, -0.05) is 19.9 Å². The molecule has 1 aliphatic heterocycles. The Labute approximate surface area is 205 Å². The number of ketones is 1. The number of aromatic hydroxyl groups is 1. The normalized spacial score (nSPS) is 32.7. The van der Waals surface area contributed by atoms with Gasteiger partial charge in [-0.15, -0.1) is 0 Å². The summed E-state index contributed by atoms with van der Waals surface area (Å²) < 4.78 is 0. The van der Waals surface area contributed by atoms with Gasteiger partial charge < -0.3 is 20.6 Å². The van der Waals surface area contributed by atoms with E-state index in [1.165, 1.54) is 12.8 Å². The average Bonchev–Trinajstić information content (AvgIpc) is 3.56. The minimum atomic E-state index is -1.19.